The first-order chi connectivity index (χ1) is 10.3. The molecule has 2 heterocycles. The summed E-state index contributed by atoms with van der Waals surface area (Å²) in [5.74, 6) is 6.06. The van der Waals surface area contributed by atoms with Crippen LogP contribution in [0.15, 0.2) is 42.5 Å². The molecule has 106 valence electrons. The first kappa shape index (κ1) is 12.6. The van der Waals surface area contributed by atoms with Gasteiger partial charge in [-0.05, 0) is 25.0 Å². The highest BCUT2D eigenvalue weighted by Crippen LogP contribution is 2.29. The van der Waals surface area contributed by atoms with Crippen molar-refractivity contribution in [2.24, 2.45) is 5.84 Å². The molecule has 0 bridgehead atoms. The Bertz CT molecular complexity index is 836. The van der Waals surface area contributed by atoms with Crippen LogP contribution >= 0.6 is 0 Å². The molecule has 1 aliphatic rings. The molecule has 4 heteroatoms. The SMILES string of the molecule is NN1CCC[C@H]1C(=O)c1cccc2c1[nH]c1ccccc12. The van der Waals surface area contributed by atoms with Crippen molar-refractivity contribution in [2.45, 2.75) is 18.9 Å². The van der Waals surface area contributed by atoms with E-state index in [0.29, 0.717) is 0 Å². The zero-order chi connectivity index (χ0) is 14.4. The van der Waals surface area contributed by atoms with E-state index in [-0.39, 0.29) is 11.8 Å². The normalized spacial score (nSPS) is 19.6. The van der Waals surface area contributed by atoms with Crippen molar-refractivity contribution >= 4 is 27.6 Å². The quantitative estimate of drug-likeness (QED) is 0.560. The van der Waals surface area contributed by atoms with Crippen LogP contribution in [0.4, 0.5) is 0 Å². The Hall–Kier alpha value is -2.17. The number of carbonyl (C=O) groups is 1. The number of para-hydroxylation sites is 2. The second-order valence-corrected chi connectivity index (χ2v) is 5.66. The fourth-order valence-corrected chi connectivity index (χ4v) is 3.33. The topological polar surface area (TPSA) is 62.1 Å². The first-order valence-corrected chi connectivity index (χ1v) is 7.31. The Morgan fingerprint density at radius 3 is 2.76 bits per heavy atom. The summed E-state index contributed by atoms with van der Waals surface area (Å²) >= 11 is 0. The van der Waals surface area contributed by atoms with Gasteiger partial charge in [0.1, 0.15) is 0 Å². The summed E-state index contributed by atoms with van der Waals surface area (Å²) in [5.41, 5.74) is 2.72. The minimum atomic E-state index is -0.193. The number of Topliss-reactive ketones (excluding diaryl/α,β-unsaturated/α-hetero) is 1. The molecular formula is C17H17N3O. The van der Waals surface area contributed by atoms with E-state index in [1.807, 2.05) is 30.3 Å². The molecule has 0 saturated carbocycles. The van der Waals surface area contributed by atoms with E-state index in [9.17, 15) is 4.79 Å². The average Bonchev–Trinajstić information content (AvgIpc) is 3.09. The van der Waals surface area contributed by atoms with Crippen LogP contribution in [0.25, 0.3) is 21.8 Å². The summed E-state index contributed by atoms with van der Waals surface area (Å²) in [6, 6.07) is 13.8. The minimum Gasteiger partial charge on any atom is -0.354 e. The van der Waals surface area contributed by atoms with E-state index in [1.165, 1.54) is 0 Å². The van der Waals surface area contributed by atoms with Gasteiger partial charge in [-0.3, -0.25) is 10.6 Å². The van der Waals surface area contributed by atoms with Gasteiger partial charge in [0.15, 0.2) is 5.78 Å². The smallest absolute Gasteiger partial charge is 0.183 e. The molecule has 0 spiro atoms. The Morgan fingerprint density at radius 1 is 1.14 bits per heavy atom. The van der Waals surface area contributed by atoms with Crippen LogP contribution in [0.3, 0.4) is 0 Å². The molecule has 0 unspecified atom stereocenters. The molecule has 1 aliphatic heterocycles. The Kier molecular flexibility index (Phi) is 2.80. The number of hydrazine groups is 1. The fraction of sp³-hybridized carbons (Fsp3) is 0.235. The molecular weight excluding hydrogens is 262 g/mol. The van der Waals surface area contributed by atoms with Gasteiger partial charge in [-0.1, -0.05) is 30.3 Å². The molecule has 1 fully saturated rings. The lowest BCUT2D eigenvalue weighted by Gasteiger charge is -2.17. The monoisotopic (exact) mass is 279 g/mol. The highest BCUT2D eigenvalue weighted by atomic mass is 16.1. The zero-order valence-corrected chi connectivity index (χ0v) is 11.7. The van der Waals surface area contributed by atoms with Crippen LogP contribution < -0.4 is 5.84 Å². The predicted octanol–water partition coefficient (Wildman–Crippen LogP) is 2.84. The van der Waals surface area contributed by atoms with Crippen molar-refractivity contribution in [3.8, 4) is 0 Å². The van der Waals surface area contributed by atoms with Gasteiger partial charge in [0.2, 0.25) is 0 Å². The van der Waals surface area contributed by atoms with Gasteiger partial charge in [0.25, 0.3) is 0 Å². The number of H-pyrrole nitrogens is 1. The van der Waals surface area contributed by atoms with E-state index in [2.05, 4.69) is 17.1 Å². The second kappa shape index (κ2) is 4.69. The van der Waals surface area contributed by atoms with E-state index >= 15 is 0 Å². The number of fused-ring (bicyclic) bond motifs is 3. The molecule has 0 aliphatic carbocycles. The summed E-state index contributed by atoms with van der Waals surface area (Å²) in [6.45, 7) is 0.791. The minimum absolute atomic E-state index is 0.118. The third-order valence-electron chi connectivity index (χ3n) is 4.40. The summed E-state index contributed by atoms with van der Waals surface area (Å²) in [6.07, 6.45) is 1.82. The molecule has 1 aromatic heterocycles. The number of nitrogens with zero attached hydrogens (tertiary/aromatic N) is 1. The van der Waals surface area contributed by atoms with E-state index in [0.717, 1.165) is 46.8 Å². The lowest BCUT2D eigenvalue weighted by Crippen LogP contribution is -2.41. The summed E-state index contributed by atoms with van der Waals surface area (Å²) < 4.78 is 0. The van der Waals surface area contributed by atoms with Crippen LogP contribution in [0.1, 0.15) is 23.2 Å². The number of nitrogens with two attached hydrogens (primary N) is 1. The third kappa shape index (κ3) is 1.87. The van der Waals surface area contributed by atoms with Crippen LogP contribution in [-0.2, 0) is 0 Å². The number of ketones is 1. The van der Waals surface area contributed by atoms with Crippen molar-refractivity contribution in [3.05, 3.63) is 48.0 Å². The number of hydrogen-bond acceptors (Lipinski definition) is 3. The van der Waals surface area contributed by atoms with Gasteiger partial charge in [-0.25, -0.2) is 5.01 Å². The van der Waals surface area contributed by atoms with Crippen LogP contribution in [0.2, 0.25) is 0 Å². The van der Waals surface area contributed by atoms with Crippen LogP contribution in [0.5, 0.6) is 0 Å². The van der Waals surface area contributed by atoms with Gasteiger partial charge in [-0.2, -0.15) is 0 Å². The van der Waals surface area contributed by atoms with Crippen LogP contribution in [-0.4, -0.2) is 28.4 Å². The summed E-state index contributed by atoms with van der Waals surface area (Å²) in [4.78, 5) is 16.2. The molecule has 21 heavy (non-hydrogen) atoms. The second-order valence-electron chi connectivity index (χ2n) is 5.66. The largest absolute Gasteiger partial charge is 0.354 e. The number of benzene rings is 2. The number of hydrogen-bond donors (Lipinski definition) is 2. The molecule has 3 N–H and O–H groups in total. The maximum atomic E-state index is 12.8. The van der Waals surface area contributed by atoms with Crippen molar-refractivity contribution < 1.29 is 4.79 Å². The van der Waals surface area contributed by atoms with Gasteiger partial charge >= 0.3 is 0 Å². The molecule has 0 amide bonds. The van der Waals surface area contributed by atoms with Crippen LogP contribution in [0, 0.1) is 0 Å². The lowest BCUT2D eigenvalue weighted by molar-refractivity contribution is 0.0871. The average molecular weight is 279 g/mol. The lowest BCUT2D eigenvalue weighted by atomic mass is 10.00. The highest BCUT2D eigenvalue weighted by molar-refractivity contribution is 6.16. The Morgan fingerprint density at radius 2 is 1.95 bits per heavy atom. The predicted molar refractivity (Wildman–Crippen MR) is 84.1 cm³/mol. The van der Waals surface area contributed by atoms with E-state index in [4.69, 9.17) is 5.84 Å². The summed E-state index contributed by atoms with van der Waals surface area (Å²) in [7, 11) is 0. The number of nitrogens with one attached hydrogen (secondary N) is 1. The van der Waals surface area contributed by atoms with Crippen molar-refractivity contribution in [2.75, 3.05) is 6.54 Å². The Labute approximate surface area is 122 Å². The first-order valence-electron chi connectivity index (χ1n) is 7.31. The van der Waals surface area contributed by atoms with Crippen molar-refractivity contribution in [1.29, 1.82) is 0 Å². The maximum Gasteiger partial charge on any atom is 0.183 e. The number of rotatable bonds is 2. The molecule has 0 radical (unpaired) electrons. The van der Waals surface area contributed by atoms with Crippen molar-refractivity contribution in [1.82, 2.24) is 9.99 Å². The van der Waals surface area contributed by atoms with E-state index < -0.39 is 0 Å². The van der Waals surface area contributed by atoms with Gasteiger partial charge in [0.05, 0.1) is 11.6 Å². The number of aromatic nitrogens is 1. The molecule has 2 aromatic carbocycles. The Balaban J connectivity index is 1.91. The molecule has 1 saturated heterocycles. The molecule has 3 aromatic rings. The van der Waals surface area contributed by atoms with Crippen molar-refractivity contribution in [3.63, 3.8) is 0 Å². The van der Waals surface area contributed by atoms with Gasteiger partial charge in [0, 0.05) is 28.4 Å². The third-order valence-corrected chi connectivity index (χ3v) is 4.40. The standard InChI is InChI=1S/C17H17N3O/c18-20-10-4-9-15(20)17(21)13-7-3-6-12-11-5-1-2-8-14(11)19-16(12)13/h1-3,5-8,15,19H,4,9-10,18H2/t15-/m0/s1. The highest BCUT2D eigenvalue weighted by Gasteiger charge is 2.30. The van der Waals surface area contributed by atoms with Gasteiger partial charge in [-0.15, -0.1) is 0 Å². The summed E-state index contributed by atoms with van der Waals surface area (Å²) in [5, 5.41) is 3.92. The zero-order valence-electron chi connectivity index (χ0n) is 11.7. The van der Waals surface area contributed by atoms with E-state index in [1.54, 1.807) is 5.01 Å². The number of carbonyl (C=O) groups excluding carboxylic acids is 1. The fourth-order valence-electron chi connectivity index (χ4n) is 3.33. The number of aromatic amines is 1. The molecule has 4 nitrogen and oxygen atoms in total. The maximum absolute atomic E-state index is 12.8. The molecule has 1 atom stereocenters. The molecule has 4 rings (SSSR count). The van der Waals surface area contributed by atoms with Gasteiger partial charge < -0.3 is 4.98 Å².